The van der Waals surface area contributed by atoms with E-state index in [9.17, 15) is 18.0 Å². The van der Waals surface area contributed by atoms with Gasteiger partial charge in [-0.3, -0.25) is 0 Å². The van der Waals surface area contributed by atoms with Crippen molar-refractivity contribution < 1.29 is 27.4 Å². The van der Waals surface area contributed by atoms with E-state index in [0.29, 0.717) is 0 Å². The van der Waals surface area contributed by atoms with Gasteiger partial charge in [-0.1, -0.05) is 0 Å². The van der Waals surface area contributed by atoms with E-state index in [1.165, 1.54) is 7.11 Å². The van der Waals surface area contributed by atoms with Gasteiger partial charge in [-0.25, -0.2) is 4.79 Å². The SMILES string of the molecule is COC(=O)COc1[c]cc(C(F)(F)F)cc1. The highest BCUT2D eigenvalue weighted by Gasteiger charge is 2.30. The maximum atomic E-state index is 12.2. The predicted octanol–water partition coefficient (Wildman–Crippen LogP) is 2.06. The van der Waals surface area contributed by atoms with Crippen LogP contribution < -0.4 is 4.74 Å². The molecule has 0 fully saturated rings. The maximum Gasteiger partial charge on any atom is 0.416 e. The number of carbonyl (C=O) groups is 1. The lowest BCUT2D eigenvalue weighted by Gasteiger charge is -2.07. The lowest BCUT2D eigenvalue weighted by molar-refractivity contribution is -0.143. The lowest BCUT2D eigenvalue weighted by Crippen LogP contribution is -2.12. The molecule has 0 aliphatic heterocycles. The second-order valence-electron chi connectivity index (χ2n) is 2.80. The Balaban J connectivity index is 2.62. The topological polar surface area (TPSA) is 35.5 Å². The first-order chi connectivity index (χ1) is 7.43. The Morgan fingerprint density at radius 1 is 1.44 bits per heavy atom. The molecule has 0 aliphatic carbocycles. The number of esters is 1. The lowest BCUT2D eigenvalue weighted by atomic mass is 10.2. The van der Waals surface area contributed by atoms with E-state index in [1.54, 1.807) is 0 Å². The molecule has 3 nitrogen and oxygen atoms in total. The summed E-state index contributed by atoms with van der Waals surface area (Å²) in [6.07, 6.45) is -4.41. The Kier molecular flexibility index (Phi) is 3.76. The van der Waals surface area contributed by atoms with E-state index in [1.807, 2.05) is 0 Å². The number of benzene rings is 1. The smallest absolute Gasteiger partial charge is 0.416 e. The molecule has 0 aromatic heterocycles. The second-order valence-corrected chi connectivity index (χ2v) is 2.80. The van der Waals surface area contributed by atoms with Crippen LogP contribution in [0.1, 0.15) is 5.56 Å². The first kappa shape index (κ1) is 12.4. The quantitative estimate of drug-likeness (QED) is 0.749. The largest absolute Gasteiger partial charge is 0.481 e. The zero-order valence-corrected chi connectivity index (χ0v) is 8.30. The molecule has 0 saturated heterocycles. The Bertz CT molecular complexity index is 357. The van der Waals surface area contributed by atoms with Crippen molar-refractivity contribution in [2.45, 2.75) is 6.18 Å². The summed E-state index contributed by atoms with van der Waals surface area (Å²) in [5.74, 6) is -0.563. The minimum absolute atomic E-state index is 0.0541. The second kappa shape index (κ2) is 4.87. The average molecular weight is 233 g/mol. The van der Waals surface area contributed by atoms with Crippen LogP contribution in [0.3, 0.4) is 0 Å². The van der Waals surface area contributed by atoms with Crippen molar-refractivity contribution in [1.82, 2.24) is 0 Å². The number of hydrogen-bond donors (Lipinski definition) is 0. The molecule has 0 bridgehead atoms. The van der Waals surface area contributed by atoms with Gasteiger partial charge in [-0.15, -0.1) is 0 Å². The van der Waals surface area contributed by atoms with E-state index >= 15 is 0 Å². The molecular formula is C10H8F3O3. The number of alkyl halides is 3. The van der Waals surface area contributed by atoms with Crippen LogP contribution in [0.5, 0.6) is 5.75 Å². The first-order valence-corrected chi connectivity index (χ1v) is 4.22. The average Bonchev–Trinajstić information content (AvgIpc) is 2.25. The molecule has 1 rings (SSSR count). The molecule has 87 valence electrons. The van der Waals surface area contributed by atoms with Gasteiger partial charge in [0.1, 0.15) is 5.75 Å². The van der Waals surface area contributed by atoms with Crippen molar-refractivity contribution in [1.29, 1.82) is 0 Å². The Hall–Kier alpha value is -1.72. The molecule has 0 saturated carbocycles. The molecule has 1 radical (unpaired) electrons. The maximum absolute atomic E-state index is 12.2. The monoisotopic (exact) mass is 233 g/mol. The van der Waals surface area contributed by atoms with Gasteiger partial charge in [-0.05, 0) is 18.2 Å². The summed E-state index contributed by atoms with van der Waals surface area (Å²) < 4.78 is 45.6. The fraction of sp³-hybridized carbons (Fsp3) is 0.300. The van der Waals surface area contributed by atoms with Crippen molar-refractivity contribution >= 4 is 5.97 Å². The van der Waals surface area contributed by atoms with Crippen LogP contribution in [-0.4, -0.2) is 19.7 Å². The summed E-state index contributed by atoms with van der Waals surface area (Å²) in [5.41, 5.74) is -0.821. The van der Waals surface area contributed by atoms with Crippen molar-refractivity contribution in [3.8, 4) is 5.75 Å². The van der Waals surface area contributed by atoms with Crippen molar-refractivity contribution in [2.24, 2.45) is 0 Å². The van der Waals surface area contributed by atoms with E-state index in [0.717, 1.165) is 18.2 Å². The van der Waals surface area contributed by atoms with Gasteiger partial charge in [0.05, 0.1) is 12.7 Å². The van der Waals surface area contributed by atoms with Crippen LogP contribution in [0, 0.1) is 6.07 Å². The number of halogens is 3. The Morgan fingerprint density at radius 2 is 2.12 bits per heavy atom. The Morgan fingerprint density at radius 3 is 2.56 bits per heavy atom. The first-order valence-electron chi connectivity index (χ1n) is 4.22. The summed E-state index contributed by atoms with van der Waals surface area (Å²) in [6, 6.07) is 4.97. The van der Waals surface area contributed by atoms with Crippen LogP contribution in [0.25, 0.3) is 0 Å². The van der Waals surface area contributed by atoms with Gasteiger partial charge < -0.3 is 9.47 Å². The highest BCUT2D eigenvalue weighted by molar-refractivity contribution is 5.70. The van der Waals surface area contributed by atoms with E-state index in [4.69, 9.17) is 4.74 Å². The van der Waals surface area contributed by atoms with Crippen LogP contribution in [0.4, 0.5) is 13.2 Å². The van der Waals surface area contributed by atoms with Crippen LogP contribution in [-0.2, 0) is 15.7 Å². The summed E-state index contributed by atoms with van der Waals surface area (Å²) >= 11 is 0. The van der Waals surface area contributed by atoms with Gasteiger partial charge in [0.25, 0.3) is 0 Å². The highest BCUT2D eigenvalue weighted by Crippen LogP contribution is 2.29. The zero-order chi connectivity index (χ0) is 12.2. The molecule has 0 N–H and O–H groups in total. The number of ether oxygens (including phenoxy) is 2. The van der Waals surface area contributed by atoms with Crippen molar-refractivity contribution in [3.05, 3.63) is 29.8 Å². The molecule has 0 atom stereocenters. The molecule has 0 heterocycles. The summed E-state index contributed by atoms with van der Waals surface area (Å²) in [5, 5.41) is 0. The van der Waals surface area contributed by atoms with Crippen LogP contribution in [0.2, 0.25) is 0 Å². The fourth-order valence-corrected chi connectivity index (χ4v) is 0.872. The van der Waals surface area contributed by atoms with Gasteiger partial charge in [0, 0.05) is 6.07 Å². The van der Waals surface area contributed by atoms with Crippen LogP contribution in [0.15, 0.2) is 18.2 Å². The molecular weight excluding hydrogens is 225 g/mol. The number of carbonyl (C=O) groups excluding carboxylic acids is 1. The highest BCUT2D eigenvalue weighted by atomic mass is 19.4. The third-order valence-electron chi connectivity index (χ3n) is 1.68. The van der Waals surface area contributed by atoms with Crippen LogP contribution >= 0.6 is 0 Å². The van der Waals surface area contributed by atoms with Crippen molar-refractivity contribution in [2.75, 3.05) is 13.7 Å². The number of hydrogen-bond acceptors (Lipinski definition) is 3. The molecule has 6 heteroatoms. The number of rotatable bonds is 3. The zero-order valence-electron chi connectivity index (χ0n) is 8.30. The van der Waals surface area contributed by atoms with Crippen molar-refractivity contribution in [3.63, 3.8) is 0 Å². The van der Waals surface area contributed by atoms with Gasteiger partial charge in [0.15, 0.2) is 6.61 Å². The minimum Gasteiger partial charge on any atom is -0.481 e. The van der Waals surface area contributed by atoms with E-state index < -0.39 is 17.7 Å². The molecule has 0 amide bonds. The summed E-state index contributed by atoms with van der Waals surface area (Å²) in [6.45, 7) is -0.363. The van der Waals surface area contributed by atoms with Gasteiger partial charge in [-0.2, -0.15) is 13.2 Å². The van der Waals surface area contributed by atoms with E-state index in [-0.39, 0.29) is 12.4 Å². The molecule has 1 aromatic rings. The molecule has 0 unspecified atom stereocenters. The molecule has 0 spiro atoms. The minimum atomic E-state index is -4.41. The van der Waals surface area contributed by atoms with Gasteiger partial charge in [0.2, 0.25) is 0 Å². The molecule has 0 aliphatic rings. The normalized spacial score (nSPS) is 11.0. The standard InChI is InChI=1S/C10H8F3O3/c1-15-9(14)6-16-8-4-2-7(3-5-8)10(11,12)13/h2-4H,6H2,1H3. The fourth-order valence-electron chi connectivity index (χ4n) is 0.872. The third kappa shape index (κ3) is 3.45. The van der Waals surface area contributed by atoms with E-state index in [2.05, 4.69) is 10.8 Å². The Labute approximate surface area is 89.8 Å². The summed E-state index contributed by atoms with van der Waals surface area (Å²) in [7, 11) is 1.18. The third-order valence-corrected chi connectivity index (χ3v) is 1.68. The summed E-state index contributed by atoms with van der Waals surface area (Å²) in [4.78, 5) is 10.7. The number of methoxy groups -OCH3 is 1. The molecule has 1 aromatic carbocycles. The van der Waals surface area contributed by atoms with Gasteiger partial charge >= 0.3 is 12.1 Å². The predicted molar refractivity (Wildman–Crippen MR) is 47.8 cm³/mol. The molecule has 16 heavy (non-hydrogen) atoms.